The number of nitrogens with zero attached hydrogens (tertiary/aromatic N) is 1. The van der Waals surface area contributed by atoms with Crippen LogP contribution in [0.4, 0.5) is 0 Å². The van der Waals surface area contributed by atoms with Gasteiger partial charge in [-0.15, -0.1) is 11.3 Å². The highest BCUT2D eigenvalue weighted by Crippen LogP contribution is 2.31. The molecule has 0 atom stereocenters. The lowest BCUT2D eigenvalue weighted by molar-refractivity contribution is 1.41. The Morgan fingerprint density at radius 1 is 1.31 bits per heavy atom. The van der Waals surface area contributed by atoms with E-state index in [-0.39, 0.29) is 0 Å². The molecule has 1 heterocycles. The zero-order valence-electron chi connectivity index (χ0n) is 6.42. The summed E-state index contributed by atoms with van der Waals surface area (Å²) in [6.07, 6.45) is 1.74. The van der Waals surface area contributed by atoms with Gasteiger partial charge in [0, 0.05) is 16.8 Å². The van der Waals surface area contributed by atoms with E-state index < -0.39 is 0 Å². The third-order valence-corrected chi connectivity index (χ3v) is 2.88. The van der Waals surface area contributed by atoms with Crippen LogP contribution in [-0.2, 0) is 0 Å². The van der Waals surface area contributed by atoms with Gasteiger partial charge in [-0.2, -0.15) is 0 Å². The van der Waals surface area contributed by atoms with Gasteiger partial charge >= 0.3 is 0 Å². The molecule has 0 aliphatic carbocycles. The number of halogens is 2. The van der Waals surface area contributed by atoms with Gasteiger partial charge in [0.05, 0.1) is 9.90 Å². The second-order valence-corrected chi connectivity index (χ2v) is 4.11. The third kappa shape index (κ3) is 1.85. The van der Waals surface area contributed by atoms with Crippen LogP contribution in [0, 0.1) is 5.51 Å². The number of hydrogen-bond acceptors (Lipinski definition) is 2. The Kier molecular flexibility index (Phi) is 2.54. The molecule has 0 saturated heterocycles. The molecule has 2 aromatic rings. The van der Waals surface area contributed by atoms with Crippen LogP contribution < -0.4 is 0 Å². The number of aromatic nitrogens is 1. The van der Waals surface area contributed by atoms with Crippen LogP contribution in [0.2, 0.25) is 10.0 Å². The van der Waals surface area contributed by atoms with Gasteiger partial charge in [-0.25, -0.2) is 4.98 Å². The summed E-state index contributed by atoms with van der Waals surface area (Å²) in [5.41, 5.74) is 3.72. The normalized spacial score (nSPS) is 10.3. The van der Waals surface area contributed by atoms with E-state index in [0.29, 0.717) is 10.0 Å². The van der Waals surface area contributed by atoms with Crippen LogP contribution in [0.1, 0.15) is 0 Å². The first-order valence-electron chi connectivity index (χ1n) is 3.54. The van der Waals surface area contributed by atoms with Gasteiger partial charge < -0.3 is 0 Å². The molecule has 0 fully saturated rings. The fourth-order valence-electron chi connectivity index (χ4n) is 1.00. The minimum absolute atomic E-state index is 0.641. The Hall–Kier alpha value is -0.570. The van der Waals surface area contributed by atoms with E-state index in [1.165, 1.54) is 11.3 Å². The van der Waals surface area contributed by atoms with E-state index >= 15 is 0 Å². The van der Waals surface area contributed by atoms with Crippen molar-refractivity contribution in [1.82, 2.24) is 4.98 Å². The van der Waals surface area contributed by atoms with E-state index in [1.807, 2.05) is 12.1 Å². The summed E-state index contributed by atoms with van der Waals surface area (Å²) in [6, 6.07) is 5.41. The predicted octanol–water partition coefficient (Wildman–Crippen LogP) is 3.92. The molecule has 65 valence electrons. The highest BCUT2D eigenvalue weighted by molar-refractivity contribution is 7.12. The zero-order chi connectivity index (χ0) is 9.26. The van der Waals surface area contributed by atoms with Gasteiger partial charge in [0.15, 0.2) is 5.51 Å². The minimum Gasteiger partial charge on any atom is -0.241 e. The fraction of sp³-hybridized carbons (Fsp3) is 0. The van der Waals surface area contributed by atoms with Crippen molar-refractivity contribution in [1.29, 1.82) is 0 Å². The first-order chi connectivity index (χ1) is 6.27. The second-order valence-electron chi connectivity index (χ2n) is 2.44. The smallest absolute Gasteiger partial charge is 0.152 e. The van der Waals surface area contributed by atoms with Crippen molar-refractivity contribution >= 4 is 34.5 Å². The van der Waals surface area contributed by atoms with Crippen LogP contribution in [0.15, 0.2) is 24.4 Å². The quantitative estimate of drug-likeness (QED) is 0.722. The molecule has 0 N–H and O–H groups in total. The maximum atomic E-state index is 6.00. The van der Waals surface area contributed by atoms with Gasteiger partial charge in [-0.3, -0.25) is 0 Å². The number of thiazole rings is 1. The summed E-state index contributed by atoms with van der Waals surface area (Å²) in [7, 11) is 0. The van der Waals surface area contributed by atoms with Crippen molar-refractivity contribution in [2.75, 3.05) is 0 Å². The van der Waals surface area contributed by atoms with E-state index in [2.05, 4.69) is 10.5 Å². The van der Waals surface area contributed by atoms with Crippen molar-refractivity contribution in [3.8, 4) is 10.4 Å². The van der Waals surface area contributed by atoms with Crippen molar-refractivity contribution in [3.63, 3.8) is 0 Å². The van der Waals surface area contributed by atoms with E-state index in [9.17, 15) is 0 Å². The first-order valence-corrected chi connectivity index (χ1v) is 5.12. The molecule has 1 aromatic carbocycles. The lowest BCUT2D eigenvalue weighted by Gasteiger charge is -1.99. The molecule has 2 rings (SSSR count). The standard InChI is InChI=1S/C9H4Cl2NS/c10-6-1-2-7(8(11)3-6)9-4-12-5-13-9/h1-4H. The zero-order valence-corrected chi connectivity index (χ0v) is 8.75. The molecule has 0 amide bonds. The van der Waals surface area contributed by atoms with Gasteiger partial charge in [0.2, 0.25) is 0 Å². The first kappa shape index (κ1) is 9.00. The van der Waals surface area contributed by atoms with Crippen molar-refractivity contribution in [3.05, 3.63) is 40.0 Å². The molecule has 1 radical (unpaired) electrons. The Morgan fingerprint density at radius 2 is 2.15 bits per heavy atom. The molecule has 4 heteroatoms. The summed E-state index contributed by atoms with van der Waals surface area (Å²) < 4.78 is 0. The van der Waals surface area contributed by atoms with E-state index in [1.54, 1.807) is 12.3 Å². The maximum Gasteiger partial charge on any atom is 0.152 e. The average molecular weight is 229 g/mol. The second kappa shape index (κ2) is 3.66. The monoisotopic (exact) mass is 228 g/mol. The third-order valence-electron chi connectivity index (χ3n) is 1.59. The summed E-state index contributed by atoms with van der Waals surface area (Å²) in [6.45, 7) is 0. The van der Waals surface area contributed by atoms with Crippen LogP contribution >= 0.6 is 34.5 Å². The lowest BCUT2D eigenvalue weighted by Crippen LogP contribution is -1.74. The Balaban J connectivity index is 2.53. The molecule has 0 saturated carbocycles. The highest BCUT2D eigenvalue weighted by atomic mass is 35.5. The molecule has 1 nitrogen and oxygen atoms in total. The number of rotatable bonds is 1. The molecule has 0 aliphatic heterocycles. The summed E-state index contributed by atoms with van der Waals surface area (Å²) in [4.78, 5) is 4.87. The predicted molar refractivity (Wildman–Crippen MR) is 56.4 cm³/mol. The van der Waals surface area contributed by atoms with Gasteiger partial charge in [0.25, 0.3) is 0 Å². The number of hydrogen-bond donors (Lipinski definition) is 0. The Morgan fingerprint density at radius 3 is 2.77 bits per heavy atom. The molecular weight excluding hydrogens is 225 g/mol. The SMILES string of the molecule is Clc1ccc(-c2cn[c]s2)c(Cl)c1. The van der Waals surface area contributed by atoms with Gasteiger partial charge in [0.1, 0.15) is 0 Å². The van der Waals surface area contributed by atoms with Crippen LogP contribution in [0.5, 0.6) is 0 Å². The van der Waals surface area contributed by atoms with Crippen LogP contribution in [0.25, 0.3) is 10.4 Å². The average Bonchev–Trinajstić information content (AvgIpc) is 2.56. The molecular formula is C9H4Cl2NS. The summed E-state index contributed by atoms with van der Waals surface area (Å²) in [5.74, 6) is 0. The van der Waals surface area contributed by atoms with Crippen molar-refractivity contribution in [2.45, 2.75) is 0 Å². The van der Waals surface area contributed by atoms with E-state index in [0.717, 1.165) is 10.4 Å². The van der Waals surface area contributed by atoms with Crippen molar-refractivity contribution in [2.24, 2.45) is 0 Å². The molecule has 0 bridgehead atoms. The minimum atomic E-state index is 0.641. The Labute approximate surface area is 90.0 Å². The van der Waals surface area contributed by atoms with Gasteiger partial charge in [-0.1, -0.05) is 29.3 Å². The molecule has 13 heavy (non-hydrogen) atoms. The highest BCUT2D eigenvalue weighted by Gasteiger charge is 2.04. The maximum absolute atomic E-state index is 6.00. The summed E-state index contributed by atoms with van der Waals surface area (Å²) in [5, 5.41) is 1.28. The molecule has 0 spiro atoms. The van der Waals surface area contributed by atoms with E-state index in [4.69, 9.17) is 23.2 Å². The summed E-state index contributed by atoms with van der Waals surface area (Å²) >= 11 is 13.2. The molecule has 1 aromatic heterocycles. The van der Waals surface area contributed by atoms with Crippen LogP contribution in [0.3, 0.4) is 0 Å². The Bertz CT molecular complexity index is 412. The van der Waals surface area contributed by atoms with Gasteiger partial charge in [-0.05, 0) is 12.1 Å². The molecule has 0 unspecified atom stereocenters. The number of benzene rings is 1. The topological polar surface area (TPSA) is 12.9 Å². The van der Waals surface area contributed by atoms with Crippen LogP contribution in [-0.4, -0.2) is 4.98 Å². The fourth-order valence-corrected chi connectivity index (χ4v) is 2.16. The molecule has 0 aliphatic rings. The largest absolute Gasteiger partial charge is 0.241 e. The lowest BCUT2D eigenvalue weighted by atomic mass is 10.2. The van der Waals surface area contributed by atoms with Crippen molar-refractivity contribution < 1.29 is 0 Å².